The predicted octanol–water partition coefficient (Wildman–Crippen LogP) is 3.88. The molecule has 2 aromatic heterocycles. The molecule has 176 valence electrons. The van der Waals surface area contributed by atoms with Gasteiger partial charge in [-0.1, -0.05) is 19.9 Å². The van der Waals surface area contributed by atoms with Crippen molar-refractivity contribution in [2.75, 3.05) is 25.0 Å². The van der Waals surface area contributed by atoms with Crippen LogP contribution in [0.15, 0.2) is 24.3 Å². The van der Waals surface area contributed by atoms with Gasteiger partial charge in [0.2, 0.25) is 5.91 Å². The van der Waals surface area contributed by atoms with Crippen LogP contribution in [0.25, 0.3) is 22.3 Å². The second kappa shape index (κ2) is 8.29. The number of benzene rings is 1. The van der Waals surface area contributed by atoms with E-state index < -0.39 is 0 Å². The van der Waals surface area contributed by atoms with Crippen LogP contribution in [0.4, 0.5) is 5.69 Å². The Morgan fingerprint density at radius 2 is 2.15 bits per heavy atom. The highest BCUT2D eigenvalue weighted by Crippen LogP contribution is 2.38. The van der Waals surface area contributed by atoms with E-state index in [1.165, 1.54) is 11.3 Å². The summed E-state index contributed by atoms with van der Waals surface area (Å²) in [5.41, 5.74) is 6.78. The number of anilines is 1. The van der Waals surface area contributed by atoms with Crippen molar-refractivity contribution >= 4 is 22.5 Å². The summed E-state index contributed by atoms with van der Waals surface area (Å²) in [4.78, 5) is 20.5. The summed E-state index contributed by atoms with van der Waals surface area (Å²) in [5, 5.41) is 19.0. The second-order valence-corrected chi connectivity index (χ2v) is 10.7. The number of nitrogens with one attached hydrogen (secondary N) is 2. The van der Waals surface area contributed by atoms with Crippen LogP contribution >= 0.6 is 0 Å². The Labute approximate surface area is 195 Å². The largest absolute Gasteiger partial charge is 0.392 e. The third-order valence-corrected chi connectivity index (χ3v) is 7.57. The first-order chi connectivity index (χ1) is 15.7. The maximum Gasteiger partial charge on any atom is 0.243 e. The van der Waals surface area contributed by atoms with Gasteiger partial charge in [0.05, 0.1) is 17.8 Å². The summed E-state index contributed by atoms with van der Waals surface area (Å²) in [6, 6.07) is 7.98. The molecule has 1 saturated heterocycles. The molecule has 1 amide bonds. The van der Waals surface area contributed by atoms with E-state index in [0.29, 0.717) is 12.0 Å². The normalized spacial score (nSPS) is 21.7. The van der Waals surface area contributed by atoms with Crippen LogP contribution in [0.1, 0.15) is 51.3 Å². The van der Waals surface area contributed by atoms with Crippen LogP contribution in [0.2, 0.25) is 0 Å². The number of likely N-dealkylation sites (N-methyl/N-ethyl adjacent to an activating group) is 1. The zero-order chi connectivity index (χ0) is 23.3. The molecular weight excluding hydrogens is 414 g/mol. The lowest BCUT2D eigenvalue weighted by atomic mass is 9.76. The summed E-state index contributed by atoms with van der Waals surface area (Å²) in [5.74, 6) is 0.0409. The first kappa shape index (κ1) is 22.2. The molecule has 1 aliphatic heterocycles. The minimum atomic E-state index is -0.341. The Morgan fingerprint density at radius 1 is 1.33 bits per heavy atom. The number of aliphatic hydroxyl groups is 1. The average Bonchev–Trinajstić information content (AvgIpc) is 3.39. The third-order valence-electron chi connectivity index (χ3n) is 7.57. The predicted molar refractivity (Wildman–Crippen MR) is 131 cm³/mol. The lowest BCUT2D eigenvalue weighted by molar-refractivity contribution is -0.124. The van der Waals surface area contributed by atoms with Crippen molar-refractivity contribution in [3.63, 3.8) is 0 Å². The van der Waals surface area contributed by atoms with Crippen molar-refractivity contribution in [3.05, 3.63) is 35.5 Å². The zero-order valence-electron chi connectivity index (χ0n) is 20.1. The van der Waals surface area contributed by atoms with Gasteiger partial charge in [0.25, 0.3) is 0 Å². The van der Waals surface area contributed by atoms with Gasteiger partial charge in [-0.15, -0.1) is 0 Å². The van der Waals surface area contributed by atoms with Gasteiger partial charge in [-0.3, -0.25) is 14.8 Å². The Morgan fingerprint density at radius 3 is 2.94 bits per heavy atom. The van der Waals surface area contributed by atoms with E-state index in [2.05, 4.69) is 46.1 Å². The van der Waals surface area contributed by atoms with Crippen molar-refractivity contribution in [1.82, 2.24) is 20.1 Å². The van der Waals surface area contributed by atoms with Crippen LogP contribution in [0, 0.1) is 5.41 Å². The summed E-state index contributed by atoms with van der Waals surface area (Å²) in [6.45, 7) is 7.97. The summed E-state index contributed by atoms with van der Waals surface area (Å²) in [6.07, 6.45) is 4.63. The fraction of sp³-hybridized carbons (Fsp3) is 0.538. The zero-order valence-corrected chi connectivity index (χ0v) is 20.1. The Kier molecular flexibility index (Phi) is 5.57. The third kappa shape index (κ3) is 4.20. The number of aromatic amines is 2. The minimum Gasteiger partial charge on any atom is -0.392 e. The van der Waals surface area contributed by atoms with Crippen LogP contribution < -0.4 is 4.90 Å². The van der Waals surface area contributed by atoms with Gasteiger partial charge < -0.3 is 15.0 Å². The molecule has 0 spiro atoms. The molecule has 2 aliphatic rings. The number of carbonyl (C=O) groups is 1. The van der Waals surface area contributed by atoms with E-state index in [4.69, 9.17) is 0 Å². The number of H-pyrrole nitrogens is 2. The van der Waals surface area contributed by atoms with E-state index >= 15 is 0 Å². The molecule has 5 rings (SSSR count). The van der Waals surface area contributed by atoms with Crippen molar-refractivity contribution in [3.8, 4) is 11.4 Å². The van der Waals surface area contributed by atoms with Crippen molar-refractivity contribution in [1.29, 1.82) is 0 Å². The molecule has 7 nitrogen and oxygen atoms in total. The number of amides is 1. The summed E-state index contributed by atoms with van der Waals surface area (Å²) < 4.78 is 0. The van der Waals surface area contributed by atoms with Crippen LogP contribution in [-0.4, -0.2) is 63.4 Å². The smallest absolute Gasteiger partial charge is 0.243 e. The number of aliphatic hydroxyl groups excluding tert-OH is 1. The molecule has 0 radical (unpaired) electrons. The molecule has 33 heavy (non-hydrogen) atoms. The second-order valence-electron chi connectivity index (χ2n) is 10.7. The minimum absolute atomic E-state index is 0.0409. The number of likely N-dealkylation sites (tertiary alicyclic amines) is 1. The molecule has 7 heteroatoms. The first-order valence-electron chi connectivity index (χ1n) is 12.1. The van der Waals surface area contributed by atoms with E-state index in [1.54, 1.807) is 4.90 Å². The first-order valence-corrected chi connectivity index (χ1v) is 12.1. The van der Waals surface area contributed by atoms with E-state index in [9.17, 15) is 9.90 Å². The summed E-state index contributed by atoms with van der Waals surface area (Å²) >= 11 is 0. The molecule has 3 aromatic rings. The maximum absolute atomic E-state index is 13.2. The summed E-state index contributed by atoms with van der Waals surface area (Å²) in [7, 11) is 1.83. The average molecular weight is 450 g/mol. The molecule has 2 atom stereocenters. The molecule has 1 fully saturated rings. The van der Waals surface area contributed by atoms with Gasteiger partial charge >= 0.3 is 0 Å². The number of nitrogens with zero attached hydrogens (tertiary/aromatic N) is 3. The number of rotatable bonds is 4. The highest BCUT2D eigenvalue weighted by atomic mass is 16.3. The van der Waals surface area contributed by atoms with E-state index in [-0.39, 0.29) is 18.1 Å². The topological polar surface area (TPSA) is 88.2 Å². The highest BCUT2D eigenvalue weighted by molar-refractivity contribution is 5.98. The van der Waals surface area contributed by atoms with E-state index in [0.717, 1.165) is 66.6 Å². The van der Waals surface area contributed by atoms with Crippen LogP contribution in [0.5, 0.6) is 0 Å². The molecule has 0 saturated carbocycles. The van der Waals surface area contributed by atoms with Gasteiger partial charge in [-0.25, -0.2) is 0 Å². The number of hydrogen-bond acceptors (Lipinski definition) is 4. The number of fused-ring (bicyclic) bond motifs is 2. The monoisotopic (exact) mass is 449 g/mol. The lowest BCUT2D eigenvalue weighted by Gasteiger charge is -2.35. The lowest BCUT2D eigenvalue weighted by Crippen LogP contribution is -2.50. The molecule has 1 aromatic carbocycles. The van der Waals surface area contributed by atoms with Crippen LogP contribution in [-0.2, 0) is 17.6 Å². The van der Waals surface area contributed by atoms with Gasteiger partial charge in [-0.2, -0.15) is 5.10 Å². The van der Waals surface area contributed by atoms with Crippen molar-refractivity contribution in [2.24, 2.45) is 5.41 Å². The Hall–Kier alpha value is -2.64. The quantitative estimate of drug-likeness (QED) is 0.564. The van der Waals surface area contributed by atoms with Crippen LogP contribution in [0.3, 0.4) is 0 Å². The Bertz CT molecular complexity index is 1180. The number of β-amino-alcohol motifs (C(OH)–C–C–N with tert-alkyl or cyclic N) is 1. The van der Waals surface area contributed by atoms with E-state index in [1.807, 2.05) is 26.1 Å². The standard InChI is InChI=1S/C26H35N5O2/c1-16(31-11-5-6-19(32)15-31)25(33)30(4)18-8-7-17-12-22(27-21(17)13-18)24-20-9-10-26(2,3)14-23(20)28-29-24/h7-8,12-13,16,19,27,32H,5-6,9-11,14-15H2,1-4H3,(H,28,29)/t16?,19-/m1/s1. The highest BCUT2D eigenvalue weighted by Gasteiger charge is 2.30. The SMILES string of the molecule is CC(C(=O)N(C)c1ccc2cc(-c3n[nH]c4c3CCC(C)(C)C4)[nH]c2c1)N1CCC[C@@H](O)C1. The van der Waals surface area contributed by atoms with Gasteiger partial charge in [0.15, 0.2) is 0 Å². The maximum atomic E-state index is 13.2. The fourth-order valence-corrected chi connectivity index (χ4v) is 5.42. The van der Waals surface area contributed by atoms with Gasteiger partial charge in [0, 0.05) is 41.4 Å². The van der Waals surface area contributed by atoms with Gasteiger partial charge in [0.1, 0.15) is 5.69 Å². The molecule has 1 unspecified atom stereocenters. The van der Waals surface area contributed by atoms with Gasteiger partial charge in [-0.05, 0) is 69.2 Å². The molecule has 3 heterocycles. The Balaban J connectivity index is 1.38. The van der Waals surface area contributed by atoms with Crippen molar-refractivity contribution in [2.45, 2.75) is 65.0 Å². The number of carbonyl (C=O) groups excluding carboxylic acids is 1. The number of piperidine rings is 1. The number of aromatic nitrogens is 3. The molecule has 0 bridgehead atoms. The van der Waals surface area contributed by atoms with Crippen molar-refractivity contribution < 1.29 is 9.90 Å². The fourth-order valence-electron chi connectivity index (χ4n) is 5.42. The molecular formula is C26H35N5O2. The molecule has 1 aliphatic carbocycles. The molecule has 3 N–H and O–H groups in total. The number of hydrogen-bond donors (Lipinski definition) is 3.